The molecule has 1 heterocycles. The van der Waals surface area contributed by atoms with Crippen molar-refractivity contribution in [3.8, 4) is 0 Å². The highest BCUT2D eigenvalue weighted by Gasteiger charge is 2.39. The topological polar surface area (TPSA) is 49.3 Å². The summed E-state index contributed by atoms with van der Waals surface area (Å²) < 4.78 is 14.4. The van der Waals surface area contributed by atoms with E-state index < -0.39 is 5.97 Å². The van der Waals surface area contributed by atoms with Crippen molar-refractivity contribution in [1.82, 2.24) is 0 Å². The minimum Gasteiger partial charge on any atom is -0.478 e. The summed E-state index contributed by atoms with van der Waals surface area (Å²) in [5.41, 5.74) is 3.57. The van der Waals surface area contributed by atoms with Gasteiger partial charge in [-0.2, -0.15) is 0 Å². The molecule has 0 aromatic heterocycles. The molecule has 0 saturated heterocycles. The zero-order valence-electron chi connectivity index (χ0n) is 13.3. The number of carboxylic acids is 1. The van der Waals surface area contributed by atoms with Crippen molar-refractivity contribution >= 4 is 11.7 Å². The predicted molar refractivity (Wildman–Crippen MR) is 90.9 cm³/mol. The molecule has 24 heavy (non-hydrogen) atoms. The number of carbonyl (C=O) groups is 1. The Morgan fingerprint density at radius 1 is 1.21 bits per heavy atom. The van der Waals surface area contributed by atoms with Crippen LogP contribution in [-0.4, -0.2) is 11.1 Å². The number of nitrogens with one attached hydrogen (secondary N) is 1. The van der Waals surface area contributed by atoms with Gasteiger partial charge in [-0.25, -0.2) is 9.18 Å². The number of aromatic carboxylic acids is 1. The van der Waals surface area contributed by atoms with E-state index in [1.807, 2.05) is 25.1 Å². The van der Waals surface area contributed by atoms with Crippen molar-refractivity contribution in [2.24, 2.45) is 5.92 Å². The van der Waals surface area contributed by atoms with Gasteiger partial charge >= 0.3 is 5.97 Å². The third-order valence-electron chi connectivity index (χ3n) is 5.27. The van der Waals surface area contributed by atoms with Gasteiger partial charge in [-0.15, -0.1) is 0 Å². The summed E-state index contributed by atoms with van der Waals surface area (Å²) in [7, 11) is 0. The third-order valence-corrected chi connectivity index (χ3v) is 5.27. The zero-order chi connectivity index (χ0) is 16.8. The Labute approximate surface area is 139 Å². The Morgan fingerprint density at radius 3 is 2.75 bits per heavy atom. The van der Waals surface area contributed by atoms with E-state index in [0.29, 0.717) is 11.1 Å². The minimum atomic E-state index is -0.941. The van der Waals surface area contributed by atoms with E-state index >= 15 is 0 Å². The Bertz CT molecular complexity index is 859. The minimum absolute atomic E-state index is 0.165. The first-order valence-electron chi connectivity index (χ1n) is 8.12. The molecule has 2 aromatic carbocycles. The normalized spacial score (nSPS) is 24.2. The highest BCUT2D eigenvalue weighted by molar-refractivity contribution is 5.92. The fourth-order valence-corrected chi connectivity index (χ4v) is 4.08. The highest BCUT2D eigenvalue weighted by atomic mass is 19.1. The number of allylic oxidation sites excluding steroid dienone is 2. The SMILES string of the molecule is Cc1c(C(=O)O)ccc2c1N[C@H](c1ccccc1F)[C@H]1CC=C[C@@H]21. The first-order chi connectivity index (χ1) is 11.6. The quantitative estimate of drug-likeness (QED) is 0.790. The lowest BCUT2D eigenvalue weighted by molar-refractivity contribution is 0.0696. The zero-order valence-corrected chi connectivity index (χ0v) is 13.3. The van der Waals surface area contributed by atoms with Crippen LogP contribution in [-0.2, 0) is 0 Å². The Hall–Kier alpha value is -2.62. The van der Waals surface area contributed by atoms with Crippen molar-refractivity contribution in [2.45, 2.75) is 25.3 Å². The standard InChI is InChI=1S/C20H18FNO2/c1-11-12(20(23)24)9-10-15-13-6-4-7-14(13)19(22-18(11)15)16-5-2-3-8-17(16)21/h2-6,8-10,13-14,19,22H,7H2,1H3,(H,23,24)/t13-,14+,19+/m1/s1. The van der Waals surface area contributed by atoms with Gasteiger partial charge in [0.15, 0.2) is 0 Å². The summed E-state index contributed by atoms with van der Waals surface area (Å²) >= 11 is 0. The molecule has 0 amide bonds. The van der Waals surface area contributed by atoms with Crippen LogP contribution in [0.2, 0.25) is 0 Å². The molecule has 3 nitrogen and oxygen atoms in total. The molecule has 4 heteroatoms. The van der Waals surface area contributed by atoms with Crippen molar-refractivity contribution in [3.05, 3.63) is 76.6 Å². The number of rotatable bonds is 2. The van der Waals surface area contributed by atoms with Gasteiger partial charge in [0.25, 0.3) is 0 Å². The molecule has 0 bridgehead atoms. The highest BCUT2D eigenvalue weighted by Crippen LogP contribution is 2.51. The number of fused-ring (bicyclic) bond motifs is 3. The van der Waals surface area contributed by atoms with E-state index in [0.717, 1.165) is 17.7 Å². The molecule has 2 aliphatic rings. The second-order valence-electron chi connectivity index (χ2n) is 6.50. The lowest BCUT2D eigenvalue weighted by Crippen LogP contribution is -2.30. The van der Waals surface area contributed by atoms with E-state index in [1.165, 1.54) is 6.07 Å². The number of benzene rings is 2. The van der Waals surface area contributed by atoms with Crippen LogP contribution in [0.4, 0.5) is 10.1 Å². The van der Waals surface area contributed by atoms with Crippen LogP contribution in [0, 0.1) is 18.7 Å². The Morgan fingerprint density at radius 2 is 2.00 bits per heavy atom. The molecule has 2 aromatic rings. The van der Waals surface area contributed by atoms with Gasteiger partial charge in [0, 0.05) is 17.2 Å². The summed E-state index contributed by atoms with van der Waals surface area (Å²) in [6.45, 7) is 1.81. The average Bonchev–Trinajstić information content (AvgIpc) is 3.05. The molecule has 0 spiro atoms. The predicted octanol–water partition coefficient (Wildman–Crippen LogP) is 4.66. The van der Waals surface area contributed by atoms with Crippen LogP contribution >= 0.6 is 0 Å². The number of hydrogen-bond donors (Lipinski definition) is 2. The maximum Gasteiger partial charge on any atom is 0.336 e. The molecule has 122 valence electrons. The number of hydrogen-bond acceptors (Lipinski definition) is 2. The van der Waals surface area contributed by atoms with Crippen molar-refractivity contribution in [1.29, 1.82) is 0 Å². The molecular weight excluding hydrogens is 305 g/mol. The molecule has 1 aliphatic carbocycles. The molecule has 4 rings (SSSR count). The van der Waals surface area contributed by atoms with Gasteiger partial charge < -0.3 is 10.4 Å². The maximum atomic E-state index is 14.4. The lowest BCUT2D eigenvalue weighted by atomic mass is 9.76. The van der Waals surface area contributed by atoms with Crippen LogP contribution in [0.25, 0.3) is 0 Å². The largest absolute Gasteiger partial charge is 0.478 e. The first kappa shape index (κ1) is 14.9. The van der Waals surface area contributed by atoms with E-state index in [2.05, 4.69) is 17.5 Å². The van der Waals surface area contributed by atoms with E-state index in [1.54, 1.807) is 12.1 Å². The molecule has 1 aliphatic heterocycles. The molecule has 0 unspecified atom stereocenters. The second-order valence-corrected chi connectivity index (χ2v) is 6.50. The van der Waals surface area contributed by atoms with Crippen LogP contribution < -0.4 is 5.32 Å². The first-order valence-corrected chi connectivity index (χ1v) is 8.12. The number of carboxylic acid groups (broad SMARTS) is 1. The fraction of sp³-hybridized carbons (Fsp3) is 0.250. The summed E-state index contributed by atoms with van der Waals surface area (Å²) in [5, 5.41) is 12.8. The summed E-state index contributed by atoms with van der Waals surface area (Å²) in [6.07, 6.45) is 5.19. The Balaban J connectivity index is 1.87. The van der Waals surface area contributed by atoms with Gasteiger partial charge in [-0.1, -0.05) is 36.4 Å². The van der Waals surface area contributed by atoms with Gasteiger partial charge in [0.2, 0.25) is 0 Å². The summed E-state index contributed by atoms with van der Waals surface area (Å²) in [4.78, 5) is 11.4. The molecule has 2 N–H and O–H groups in total. The maximum absolute atomic E-state index is 14.4. The number of anilines is 1. The van der Waals surface area contributed by atoms with E-state index in [4.69, 9.17) is 0 Å². The fourth-order valence-electron chi connectivity index (χ4n) is 4.08. The summed E-state index contributed by atoms with van der Waals surface area (Å²) in [6, 6.07) is 10.2. The molecule has 0 fully saturated rings. The number of halogens is 1. The average molecular weight is 323 g/mol. The van der Waals surface area contributed by atoms with Crippen LogP contribution in [0.3, 0.4) is 0 Å². The van der Waals surface area contributed by atoms with Crippen molar-refractivity contribution in [2.75, 3.05) is 5.32 Å². The Kier molecular flexibility index (Phi) is 3.41. The van der Waals surface area contributed by atoms with Gasteiger partial charge in [-0.05, 0) is 42.5 Å². The van der Waals surface area contributed by atoms with Crippen molar-refractivity contribution in [3.63, 3.8) is 0 Å². The van der Waals surface area contributed by atoms with Crippen LogP contribution in [0.15, 0.2) is 48.6 Å². The molecule has 3 atom stereocenters. The van der Waals surface area contributed by atoms with E-state index in [-0.39, 0.29) is 29.3 Å². The molecule has 0 radical (unpaired) electrons. The molecule has 0 saturated carbocycles. The lowest BCUT2D eigenvalue weighted by Gasteiger charge is -2.38. The van der Waals surface area contributed by atoms with Gasteiger partial charge in [-0.3, -0.25) is 0 Å². The summed E-state index contributed by atoms with van der Waals surface area (Å²) in [5.74, 6) is -0.739. The third kappa shape index (κ3) is 2.13. The smallest absolute Gasteiger partial charge is 0.336 e. The van der Waals surface area contributed by atoms with Gasteiger partial charge in [0.05, 0.1) is 11.6 Å². The van der Waals surface area contributed by atoms with E-state index in [9.17, 15) is 14.3 Å². The molecular formula is C20H18FNO2. The van der Waals surface area contributed by atoms with Crippen LogP contribution in [0.1, 0.15) is 45.4 Å². The van der Waals surface area contributed by atoms with Crippen molar-refractivity contribution < 1.29 is 14.3 Å². The monoisotopic (exact) mass is 323 g/mol. The second kappa shape index (κ2) is 5.48. The van der Waals surface area contributed by atoms with Crippen LogP contribution in [0.5, 0.6) is 0 Å². The van der Waals surface area contributed by atoms with Gasteiger partial charge in [0.1, 0.15) is 5.82 Å².